The Morgan fingerprint density at radius 2 is 1.94 bits per heavy atom. The lowest BCUT2D eigenvalue weighted by molar-refractivity contribution is -0.146. The van der Waals surface area contributed by atoms with Gasteiger partial charge in [-0.25, -0.2) is 4.39 Å². The van der Waals surface area contributed by atoms with Gasteiger partial charge < -0.3 is 5.11 Å². The van der Waals surface area contributed by atoms with Gasteiger partial charge in [-0.1, -0.05) is 24.3 Å². The Balaban J connectivity index is 2.62. The fourth-order valence-electron chi connectivity index (χ4n) is 1.15. The van der Waals surface area contributed by atoms with Crippen molar-refractivity contribution >= 4 is 12.0 Å². The summed E-state index contributed by atoms with van der Waals surface area (Å²) >= 11 is 0. The average Bonchev–Trinajstić information content (AvgIpc) is 2.20. The predicted octanol–water partition coefficient (Wildman–Crippen LogP) is 3.34. The quantitative estimate of drug-likeness (QED) is 0.848. The summed E-state index contributed by atoms with van der Waals surface area (Å²) in [4.78, 5) is 10.8. The van der Waals surface area contributed by atoms with E-state index in [-0.39, 0.29) is 5.82 Å². The molecule has 0 unspecified atom stereocenters. The Labute approximate surface area is 94.4 Å². The normalized spacial score (nSPS) is 11.9. The van der Waals surface area contributed by atoms with Crippen molar-refractivity contribution in [1.29, 1.82) is 0 Å². The minimum absolute atomic E-state index is 0.275. The Bertz CT molecular complexity index is 391. The Hall–Kier alpha value is -1.64. The number of carboxylic acids is 1. The molecular weight excluding hydrogens is 207 g/mol. The summed E-state index contributed by atoms with van der Waals surface area (Å²) < 4.78 is 12.6. The van der Waals surface area contributed by atoms with E-state index in [1.807, 2.05) is 0 Å². The number of hydrogen-bond donors (Lipinski definition) is 1. The van der Waals surface area contributed by atoms with E-state index >= 15 is 0 Å². The van der Waals surface area contributed by atoms with Gasteiger partial charge in [-0.15, -0.1) is 0 Å². The highest BCUT2D eigenvalue weighted by atomic mass is 19.1. The van der Waals surface area contributed by atoms with Crippen LogP contribution in [-0.4, -0.2) is 11.1 Å². The zero-order chi connectivity index (χ0) is 12.2. The summed E-state index contributed by atoms with van der Waals surface area (Å²) in [5.41, 5.74) is 0.0962. The van der Waals surface area contributed by atoms with E-state index in [0.717, 1.165) is 5.56 Å². The maximum absolute atomic E-state index is 12.6. The third-order valence-corrected chi connectivity index (χ3v) is 2.39. The van der Waals surface area contributed by atoms with Crippen molar-refractivity contribution in [2.45, 2.75) is 20.3 Å². The maximum Gasteiger partial charge on any atom is 0.309 e. The zero-order valence-electron chi connectivity index (χ0n) is 9.40. The van der Waals surface area contributed by atoms with E-state index in [2.05, 4.69) is 0 Å². The molecule has 0 amide bonds. The summed E-state index contributed by atoms with van der Waals surface area (Å²) in [5, 5.41) is 8.89. The van der Waals surface area contributed by atoms with Crippen molar-refractivity contribution in [3.05, 3.63) is 41.7 Å². The number of allylic oxidation sites excluding steroid dienone is 1. The van der Waals surface area contributed by atoms with Gasteiger partial charge in [0, 0.05) is 0 Å². The van der Waals surface area contributed by atoms with Crippen LogP contribution in [0.3, 0.4) is 0 Å². The molecule has 0 spiro atoms. The third-order valence-electron chi connectivity index (χ3n) is 2.39. The van der Waals surface area contributed by atoms with Crippen LogP contribution in [0.4, 0.5) is 4.39 Å². The lowest BCUT2D eigenvalue weighted by Crippen LogP contribution is -2.22. The summed E-state index contributed by atoms with van der Waals surface area (Å²) in [5.74, 6) is -1.10. The molecule has 1 N–H and O–H groups in total. The highest BCUT2D eigenvalue weighted by Gasteiger charge is 2.24. The van der Waals surface area contributed by atoms with Gasteiger partial charge in [0.25, 0.3) is 0 Å². The number of rotatable bonds is 4. The molecule has 0 aliphatic rings. The van der Waals surface area contributed by atoms with E-state index in [4.69, 9.17) is 5.11 Å². The Morgan fingerprint density at radius 3 is 2.44 bits per heavy atom. The molecule has 2 nitrogen and oxygen atoms in total. The van der Waals surface area contributed by atoms with Crippen LogP contribution in [0, 0.1) is 11.2 Å². The minimum Gasteiger partial charge on any atom is -0.481 e. The highest BCUT2D eigenvalue weighted by molar-refractivity contribution is 5.74. The number of halogens is 1. The van der Waals surface area contributed by atoms with Gasteiger partial charge in [0.15, 0.2) is 0 Å². The van der Waals surface area contributed by atoms with Crippen molar-refractivity contribution in [3.8, 4) is 0 Å². The molecule has 86 valence electrons. The van der Waals surface area contributed by atoms with E-state index in [9.17, 15) is 9.18 Å². The molecule has 1 aromatic rings. The highest BCUT2D eigenvalue weighted by Crippen LogP contribution is 2.21. The first kappa shape index (κ1) is 12.4. The van der Waals surface area contributed by atoms with Crippen LogP contribution in [0.2, 0.25) is 0 Å². The minimum atomic E-state index is -0.823. The maximum atomic E-state index is 12.6. The van der Waals surface area contributed by atoms with Gasteiger partial charge in [-0.05, 0) is 38.0 Å². The number of carboxylic acid groups (broad SMARTS) is 1. The molecule has 0 aromatic heterocycles. The summed E-state index contributed by atoms with van der Waals surface area (Å²) in [7, 11) is 0. The summed E-state index contributed by atoms with van der Waals surface area (Å²) in [6.07, 6.45) is 4.03. The first-order chi connectivity index (χ1) is 7.42. The molecule has 3 heteroatoms. The first-order valence-electron chi connectivity index (χ1n) is 5.07. The van der Waals surface area contributed by atoms with Gasteiger partial charge in [0.1, 0.15) is 5.82 Å². The van der Waals surface area contributed by atoms with E-state index in [0.29, 0.717) is 6.42 Å². The SMILES string of the molecule is CC(C)(C/C=C/c1ccc(F)cc1)C(=O)O. The Morgan fingerprint density at radius 1 is 1.38 bits per heavy atom. The second-order valence-corrected chi connectivity index (χ2v) is 4.35. The molecular formula is C13H15FO2. The fraction of sp³-hybridized carbons (Fsp3) is 0.308. The number of aliphatic carboxylic acids is 1. The Kier molecular flexibility index (Phi) is 3.82. The average molecular weight is 222 g/mol. The second-order valence-electron chi connectivity index (χ2n) is 4.35. The number of hydrogen-bond acceptors (Lipinski definition) is 1. The molecule has 0 heterocycles. The van der Waals surface area contributed by atoms with E-state index in [1.54, 1.807) is 38.1 Å². The topological polar surface area (TPSA) is 37.3 Å². The predicted molar refractivity (Wildman–Crippen MR) is 61.5 cm³/mol. The molecule has 0 radical (unpaired) electrons. The fourth-order valence-corrected chi connectivity index (χ4v) is 1.15. The standard InChI is InChI=1S/C13H15FO2/c1-13(2,12(15)16)9-3-4-10-5-7-11(14)8-6-10/h3-8H,9H2,1-2H3,(H,15,16)/b4-3+. The van der Waals surface area contributed by atoms with Crippen LogP contribution in [0.1, 0.15) is 25.8 Å². The van der Waals surface area contributed by atoms with Gasteiger partial charge in [-0.2, -0.15) is 0 Å². The summed E-state index contributed by atoms with van der Waals surface area (Å²) in [6, 6.07) is 6.06. The molecule has 0 bridgehead atoms. The molecule has 0 saturated carbocycles. The van der Waals surface area contributed by atoms with Gasteiger partial charge in [0.2, 0.25) is 0 Å². The third kappa shape index (κ3) is 3.50. The molecule has 1 aromatic carbocycles. The van der Waals surface area contributed by atoms with Crippen LogP contribution in [0.15, 0.2) is 30.3 Å². The summed E-state index contributed by atoms with van der Waals surface area (Å²) in [6.45, 7) is 3.34. The smallest absolute Gasteiger partial charge is 0.309 e. The number of benzene rings is 1. The molecule has 16 heavy (non-hydrogen) atoms. The van der Waals surface area contributed by atoms with Crippen molar-refractivity contribution < 1.29 is 14.3 Å². The first-order valence-corrected chi connectivity index (χ1v) is 5.07. The molecule has 0 fully saturated rings. The van der Waals surface area contributed by atoms with E-state index in [1.165, 1.54) is 12.1 Å². The van der Waals surface area contributed by atoms with Crippen molar-refractivity contribution in [3.63, 3.8) is 0 Å². The van der Waals surface area contributed by atoms with Crippen molar-refractivity contribution in [1.82, 2.24) is 0 Å². The molecule has 0 atom stereocenters. The lowest BCUT2D eigenvalue weighted by Gasteiger charge is -2.15. The van der Waals surface area contributed by atoms with Crippen LogP contribution in [-0.2, 0) is 4.79 Å². The zero-order valence-corrected chi connectivity index (χ0v) is 9.40. The van der Waals surface area contributed by atoms with Crippen LogP contribution in [0.25, 0.3) is 6.08 Å². The lowest BCUT2D eigenvalue weighted by atomic mass is 9.89. The van der Waals surface area contributed by atoms with E-state index < -0.39 is 11.4 Å². The van der Waals surface area contributed by atoms with Crippen LogP contribution in [0.5, 0.6) is 0 Å². The van der Waals surface area contributed by atoms with Gasteiger partial charge in [0.05, 0.1) is 5.41 Å². The van der Waals surface area contributed by atoms with Crippen LogP contribution >= 0.6 is 0 Å². The monoisotopic (exact) mass is 222 g/mol. The molecule has 0 aliphatic heterocycles. The molecule has 1 rings (SSSR count). The second kappa shape index (κ2) is 4.92. The van der Waals surface area contributed by atoms with Gasteiger partial charge in [-0.3, -0.25) is 4.79 Å². The largest absolute Gasteiger partial charge is 0.481 e. The van der Waals surface area contributed by atoms with Crippen LogP contribution < -0.4 is 0 Å². The van der Waals surface area contributed by atoms with Crippen molar-refractivity contribution in [2.75, 3.05) is 0 Å². The van der Waals surface area contributed by atoms with Crippen molar-refractivity contribution in [2.24, 2.45) is 5.41 Å². The molecule has 0 aliphatic carbocycles. The molecule has 0 saturated heterocycles. The number of carbonyl (C=O) groups is 1. The van der Waals surface area contributed by atoms with Gasteiger partial charge >= 0.3 is 5.97 Å².